The lowest BCUT2D eigenvalue weighted by Crippen LogP contribution is -2.56. The standard InChI is InChI=1S/C19H44O7Si4/c1-11-19(21)23-17-18(20)16-22-14-12-13-15-30(10,25-28(5,6)7)26-29(8,9)24-27(2,3)4/h11,18,20H,1,12-17H2,2-10H3. The van der Waals surface area contributed by atoms with Crippen molar-refractivity contribution in [3.63, 3.8) is 0 Å². The van der Waals surface area contributed by atoms with E-state index in [1.54, 1.807) is 0 Å². The molecule has 178 valence electrons. The molecule has 0 heterocycles. The van der Waals surface area contributed by atoms with E-state index in [9.17, 15) is 9.90 Å². The van der Waals surface area contributed by atoms with E-state index < -0.39 is 45.8 Å². The lowest BCUT2D eigenvalue weighted by molar-refractivity contribution is -0.141. The minimum atomic E-state index is -2.38. The van der Waals surface area contributed by atoms with E-state index in [1.807, 2.05) is 0 Å². The monoisotopic (exact) mass is 496 g/mol. The Bertz CT molecular complexity index is 532. The van der Waals surface area contributed by atoms with Gasteiger partial charge in [-0.1, -0.05) is 6.58 Å². The highest BCUT2D eigenvalue weighted by Gasteiger charge is 2.44. The van der Waals surface area contributed by atoms with Crippen LogP contribution in [0.4, 0.5) is 0 Å². The average Bonchev–Trinajstić information content (AvgIpc) is 2.50. The highest BCUT2D eigenvalue weighted by atomic mass is 28.5. The normalized spacial score (nSPS) is 16.1. The molecule has 0 amide bonds. The Morgan fingerprint density at radius 3 is 1.97 bits per heavy atom. The van der Waals surface area contributed by atoms with Gasteiger partial charge in [0.25, 0.3) is 0 Å². The molecule has 0 aliphatic rings. The summed E-state index contributed by atoms with van der Waals surface area (Å²) in [5.74, 6) is -0.551. The van der Waals surface area contributed by atoms with Crippen molar-refractivity contribution in [2.75, 3.05) is 19.8 Å². The van der Waals surface area contributed by atoms with Crippen LogP contribution in [0.3, 0.4) is 0 Å². The van der Waals surface area contributed by atoms with Crippen molar-refractivity contribution < 1.29 is 31.7 Å². The third-order valence-corrected chi connectivity index (χ3v) is 17.1. The quantitative estimate of drug-likeness (QED) is 0.147. The SMILES string of the molecule is C=CC(=O)OCC(O)COCCCC[Si](C)(O[Si](C)(C)C)O[Si](C)(C)O[Si](C)(C)C. The molecular weight excluding hydrogens is 453 g/mol. The van der Waals surface area contributed by atoms with Crippen LogP contribution in [0.2, 0.25) is 65.0 Å². The van der Waals surface area contributed by atoms with Crippen molar-refractivity contribution in [2.45, 2.75) is 83.9 Å². The van der Waals surface area contributed by atoms with Gasteiger partial charge in [0.15, 0.2) is 16.6 Å². The Kier molecular flexibility index (Phi) is 12.7. The zero-order valence-electron chi connectivity index (χ0n) is 20.5. The Hall–Kier alpha value is -0.122. The molecule has 0 aromatic heterocycles. The Morgan fingerprint density at radius 2 is 1.47 bits per heavy atom. The third-order valence-electron chi connectivity index (χ3n) is 3.60. The van der Waals surface area contributed by atoms with Gasteiger partial charge in [-0.3, -0.25) is 0 Å². The van der Waals surface area contributed by atoms with Gasteiger partial charge in [0.1, 0.15) is 12.7 Å². The van der Waals surface area contributed by atoms with Gasteiger partial charge in [0.05, 0.1) is 6.61 Å². The van der Waals surface area contributed by atoms with Crippen LogP contribution in [0.15, 0.2) is 12.7 Å². The topological polar surface area (TPSA) is 83.5 Å². The van der Waals surface area contributed by atoms with E-state index in [-0.39, 0.29) is 13.2 Å². The van der Waals surface area contributed by atoms with Gasteiger partial charge in [-0.05, 0) is 77.8 Å². The second-order valence-electron chi connectivity index (χ2n) is 10.1. The first-order valence-electron chi connectivity index (χ1n) is 10.6. The molecule has 0 aromatic rings. The molecule has 0 saturated heterocycles. The summed E-state index contributed by atoms with van der Waals surface area (Å²) in [5, 5.41) is 9.76. The summed E-state index contributed by atoms with van der Waals surface area (Å²) in [4.78, 5) is 11.0. The number of aliphatic hydroxyl groups excluding tert-OH is 1. The molecule has 0 fully saturated rings. The van der Waals surface area contributed by atoms with Gasteiger partial charge >= 0.3 is 23.1 Å². The van der Waals surface area contributed by atoms with E-state index in [0.717, 1.165) is 25.0 Å². The van der Waals surface area contributed by atoms with Gasteiger partial charge in [-0.15, -0.1) is 0 Å². The number of rotatable bonds is 16. The molecule has 2 atom stereocenters. The second-order valence-corrected chi connectivity index (χ2v) is 26.6. The van der Waals surface area contributed by atoms with Crippen LogP contribution in [0.25, 0.3) is 0 Å². The number of hydrogen-bond donors (Lipinski definition) is 1. The first kappa shape index (κ1) is 29.9. The average molecular weight is 497 g/mol. The van der Waals surface area contributed by atoms with E-state index in [0.29, 0.717) is 6.61 Å². The second kappa shape index (κ2) is 12.8. The predicted molar refractivity (Wildman–Crippen MR) is 131 cm³/mol. The maximum atomic E-state index is 11.0. The minimum absolute atomic E-state index is 0.0927. The molecule has 0 bridgehead atoms. The van der Waals surface area contributed by atoms with Gasteiger partial charge in [0.2, 0.25) is 0 Å². The summed E-state index contributed by atoms with van der Waals surface area (Å²) in [6.45, 7) is 23.4. The zero-order valence-corrected chi connectivity index (χ0v) is 24.5. The highest BCUT2D eigenvalue weighted by molar-refractivity contribution is 6.89. The van der Waals surface area contributed by atoms with E-state index in [2.05, 4.69) is 65.5 Å². The van der Waals surface area contributed by atoms with Gasteiger partial charge in [-0.2, -0.15) is 0 Å². The molecule has 0 radical (unpaired) electrons. The van der Waals surface area contributed by atoms with Crippen molar-refractivity contribution in [1.29, 1.82) is 0 Å². The first-order valence-corrected chi connectivity index (χ1v) is 22.8. The van der Waals surface area contributed by atoms with E-state index >= 15 is 0 Å². The molecule has 1 N–H and O–H groups in total. The molecule has 0 aromatic carbocycles. The van der Waals surface area contributed by atoms with Crippen LogP contribution >= 0.6 is 0 Å². The summed E-state index contributed by atoms with van der Waals surface area (Å²) in [5.41, 5.74) is 0. The fourth-order valence-corrected chi connectivity index (χ4v) is 21.2. The predicted octanol–water partition coefficient (Wildman–Crippen LogP) is 4.37. The number of aliphatic hydroxyl groups is 1. The Balaban J connectivity index is 4.54. The fourth-order valence-electron chi connectivity index (χ4n) is 3.20. The number of carbonyl (C=O) groups is 1. The van der Waals surface area contributed by atoms with Crippen LogP contribution in [-0.2, 0) is 26.6 Å². The number of esters is 1. The molecule has 0 aliphatic carbocycles. The molecule has 30 heavy (non-hydrogen) atoms. The van der Waals surface area contributed by atoms with Crippen LogP contribution < -0.4 is 0 Å². The van der Waals surface area contributed by atoms with Gasteiger partial charge in [0, 0.05) is 12.7 Å². The lowest BCUT2D eigenvalue weighted by atomic mass is 10.3. The molecule has 0 saturated carbocycles. The van der Waals surface area contributed by atoms with Gasteiger partial charge in [-0.25, -0.2) is 4.79 Å². The van der Waals surface area contributed by atoms with Crippen LogP contribution in [0.5, 0.6) is 0 Å². The lowest BCUT2D eigenvalue weighted by Gasteiger charge is -2.41. The van der Waals surface area contributed by atoms with E-state index in [1.165, 1.54) is 0 Å². The third kappa shape index (κ3) is 16.6. The van der Waals surface area contributed by atoms with Crippen molar-refractivity contribution in [3.8, 4) is 0 Å². The summed E-state index contributed by atoms with van der Waals surface area (Å²) >= 11 is 0. The molecule has 7 nitrogen and oxygen atoms in total. The summed E-state index contributed by atoms with van der Waals surface area (Å²) in [6.07, 6.45) is 2.00. The van der Waals surface area contributed by atoms with Crippen molar-refractivity contribution >= 4 is 39.7 Å². The molecule has 0 rings (SSSR count). The number of carbonyl (C=O) groups excluding carboxylic acids is 1. The maximum Gasteiger partial charge on any atom is 0.330 e. The highest BCUT2D eigenvalue weighted by Crippen LogP contribution is 2.28. The smallest absolute Gasteiger partial charge is 0.330 e. The molecule has 0 spiro atoms. The van der Waals surface area contributed by atoms with E-state index in [4.69, 9.17) is 21.8 Å². The maximum absolute atomic E-state index is 11.0. The van der Waals surface area contributed by atoms with Crippen molar-refractivity contribution in [1.82, 2.24) is 0 Å². The zero-order chi connectivity index (χ0) is 23.6. The minimum Gasteiger partial charge on any atom is -0.460 e. The first-order chi connectivity index (χ1) is 13.5. The number of unbranched alkanes of at least 4 members (excludes halogenated alkanes) is 1. The summed E-state index contributed by atoms with van der Waals surface area (Å²) in [7, 11) is -8.11. The van der Waals surface area contributed by atoms with Gasteiger partial charge < -0.3 is 26.9 Å². The summed E-state index contributed by atoms with van der Waals surface area (Å²) in [6, 6.07) is 0.881. The van der Waals surface area contributed by atoms with Crippen molar-refractivity contribution in [3.05, 3.63) is 12.7 Å². The van der Waals surface area contributed by atoms with Crippen LogP contribution in [0, 0.1) is 0 Å². The molecule has 2 unspecified atom stereocenters. The number of hydrogen-bond acceptors (Lipinski definition) is 7. The van der Waals surface area contributed by atoms with Crippen LogP contribution in [-0.4, -0.2) is 70.8 Å². The summed E-state index contributed by atoms with van der Waals surface area (Å²) < 4.78 is 29.9. The molecule has 0 aliphatic heterocycles. The largest absolute Gasteiger partial charge is 0.460 e. The molecular formula is C19H44O7Si4. The van der Waals surface area contributed by atoms with Crippen molar-refractivity contribution in [2.24, 2.45) is 0 Å². The number of ether oxygens (including phenoxy) is 2. The fraction of sp³-hybridized carbons (Fsp3) is 0.842. The Labute approximate surface area is 187 Å². The van der Waals surface area contributed by atoms with Crippen LogP contribution in [0.1, 0.15) is 12.8 Å². The molecule has 11 heteroatoms. The Morgan fingerprint density at radius 1 is 0.900 bits per heavy atom.